The zero-order chi connectivity index (χ0) is 16.3. The lowest BCUT2D eigenvalue weighted by atomic mass is 9.97. The highest BCUT2D eigenvalue weighted by atomic mass is 16.5. The second-order valence-corrected chi connectivity index (χ2v) is 7.16. The highest BCUT2D eigenvalue weighted by molar-refractivity contribution is 5.76. The quantitative estimate of drug-likeness (QED) is 0.727. The Morgan fingerprint density at radius 1 is 1.48 bits per heavy atom. The monoisotopic (exact) mass is 318 g/mol. The number of hydrogen-bond donors (Lipinski definition) is 1. The molecule has 0 spiro atoms. The van der Waals surface area contributed by atoms with Crippen LogP contribution in [-0.2, 0) is 9.53 Å². The van der Waals surface area contributed by atoms with Gasteiger partial charge in [-0.05, 0) is 26.3 Å². The fraction of sp³-hybridized carbons (Fsp3) is 0.824. The van der Waals surface area contributed by atoms with Crippen LogP contribution in [0.1, 0.15) is 45.4 Å². The fourth-order valence-electron chi connectivity index (χ4n) is 3.73. The van der Waals surface area contributed by atoms with Crippen molar-refractivity contribution in [1.82, 2.24) is 10.2 Å². The molecule has 6 nitrogen and oxygen atoms in total. The van der Waals surface area contributed by atoms with Gasteiger partial charge in [-0.1, -0.05) is 0 Å². The Kier molecular flexibility index (Phi) is 4.69. The highest BCUT2D eigenvalue weighted by Crippen LogP contribution is 2.37. The number of fused-ring (bicyclic) bond motifs is 1. The van der Waals surface area contributed by atoms with Gasteiger partial charge in [0.2, 0.25) is 5.91 Å². The lowest BCUT2D eigenvalue weighted by molar-refractivity contribution is -0.124. The molecule has 3 heterocycles. The maximum atomic E-state index is 12.2. The largest absolute Gasteiger partial charge is 0.378 e. The van der Waals surface area contributed by atoms with Gasteiger partial charge in [0.25, 0.3) is 0 Å². The SMILES string of the molecule is C#CCCC1(CCC(=O)NC[C@@]2(C)COC[C@H]3CCCN32)N=N1. The van der Waals surface area contributed by atoms with Gasteiger partial charge < -0.3 is 10.1 Å². The minimum Gasteiger partial charge on any atom is -0.378 e. The molecular weight excluding hydrogens is 292 g/mol. The smallest absolute Gasteiger partial charge is 0.220 e. The van der Waals surface area contributed by atoms with Gasteiger partial charge in [0.1, 0.15) is 0 Å². The minimum absolute atomic E-state index is 0.0601. The van der Waals surface area contributed by atoms with Crippen molar-refractivity contribution in [1.29, 1.82) is 0 Å². The zero-order valence-corrected chi connectivity index (χ0v) is 13.9. The summed E-state index contributed by atoms with van der Waals surface area (Å²) >= 11 is 0. The van der Waals surface area contributed by atoms with Crippen LogP contribution in [0.4, 0.5) is 0 Å². The topological polar surface area (TPSA) is 66.3 Å². The van der Waals surface area contributed by atoms with E-state index in [-0.39, 0.29) is 17.1 Å². The summed E-state index contributed by atoms with van der Waals surface area (Å²) in [6.45, 7) is 5.43. The average Bonchev–Trinajstić information content (AvgIpc) is 3.15. The van der Waals surface area contributed by atoms with Crippen molar-refractivity contribution in [3.8, 4) is 12.3 Å². The van der Waals surface area contributed by atoms with E-state index in [1.54, 1.807) is 0 Å². The average molecular weight is 318 g/mol. The van der Waals surface area contributed by atoms with Gasteiger partial charge in [-0.15, -0.1) is 12.3 Å². The van der Waals surface area contributed by atoms with Crippen LogP contribution < -0.4 is 5.32 Å². The number of carbonyl (C=O) groups excluding carboxylic acids is 1. The van der Waals surface area contributed by atoms with E-state index in [1.807, 2.05) is 0 Å². The molecule has 0 aromatic rings. The van der Waals surface area contributed by atoms with E-state index < -0.39 is 0 Å². The first-order chi connectivity index (χ1) is 11.1. The van der Waals surface area contributed by atoms with Crippen LogP contribution in [0.15, 0.2) is 10.2 Å². The molecule has 1 amide bonds. The lowest BCUT2D eigenvalue weighted by Gasteiger charge is -2.46. The Balaban J connectivity index is 1.43. The summed E-state index contributed by atoms with van der Waals surface area (Å²) in [6.07, 6.45) is 10.2. The van der Waals surface area contributed by atoms with Crippen molar-refractivity contribution in [2.75, 3.05) is 26.3 Å². The second kappa shape index (κ2) is 6.58. The number of nitrogens with one attached hydrogen (secondary N) is 1. The first-order valence-electron chi connectivity index (χ1n) is 8.56. The summed E-state index contributed by atoms with van der Waals surface area (Å²) < 4.78 is 5.76. The number of ether oxygens (including phenoxy) is 1. The second-order valence-electron chi connectivity index (χ2n) is 7.16. The molecule has 0 aromatic carbocycles. The molecular formula is C17H26N4O2. The number of hydrogen-bond acceptors (Lipinski definition) is 5. The fourth-order valence-corrected chi connectivity index (χ4v) is 3.73. The van der Waals surface area contributed by atoms with Crippen LogP contribution in [0.3, 0.4) is 0 Å². The Morgan fingerprint density at radius 2 is 2.30 bits per heavy atom. The van der Waals surface area contributed by atoms with Gasteiger partial charge in [-0.25, -0.2) is 0 Å². The van der Waals surface area contributed by atoms with E-state index in [0.717, 1.165) is 19.6 Å². The van der Waals surface area contributed by atoms with Crippen LogP contribution in [-0.4, -0.2) is 54.4 Å². The summed E-state index contributed by atoms with van der Waals surface area (Å²) in [5.41, 5.74) is -0.466. The molecule has 3 rings (SSSR count). The van der Waals surface area contributed by atoms with Crippen LogP contribution in [0.25, 0.3) is 0 Å². The van der Waals surface area contributed by atoms with Gasteiger partial charge in [-0.2, -0.15) is 10.2 Å². The number of morpholine rings is 1. The predicted octanol–water partition coefficient (Wildman–Crippen LogP) is 1.71. The molecule has 0 unspecified atom stereocenters. The maximum absolute atomic E-state index is 12.2. The molecule has 6 heteroatoms. The Morgan fingerprint density at radius 3 is 3.04 bits per heavy atom. The standard InChI is InChI=1S/C17H26N4O2/c1-3-4-8-17(19-20-17)9-7-15(22)18-12-16(2)13-23-11-14-6-5-10-21(14)16/h1,14H,4-13H2,2H3,(H,18,22)/t14-,16+/m1/s1. The van der Waals surface area contributed by atoms with Crippen molar-refractivity contribution < 1.29 is 9.53 Å². The Labute approximate surface area is 138 Å². The summed E-state index contributed by atoms with van der Waals surface area (Å²) in [7, 11) is 0. The van der Waals surface area contributed by atoms with Crippen molar-refractivity contribution in [3.63, 3.8) is 0 Å². The molecule has 2 fully saturated rings. The van der Waals surface area contributed by atoms with Crippen LogP contribution in [0.2, 0.25) is 0 Å². The normalized spacial score (nSPS) is 31.4. The third-order valence-corrected chi connectivity index (χ3v) is 5.27. The summed E-state index contributed by atoms with van der Waals surface area (Å²) in [5, 5.41) is 11.2. The molecule has 0 bridgehead atoms. The van der Waals surface area contributed by atoms with Gasteiger partial charge in [0.05, 0.1) is 18.8 Å². The van der Waals surface area contributed by atoms with Crippen molar-refractivity contribution in [2.24, 2.45) is 10.2 Å². The molecule has 126 valence electrons. The molecule has 1 N–H and O–H groups in total. The van der Waals surface area contributed by atoms with Crippen molar-refractivity contribution in [3.05, 3.63) is 0 Å². The van der Waals surface area contributed by atoms with Crippen LogP contribution in [0.5, 0.6) is 0 Å². The van der Waals surface area contributed by atoms with Gasteiger partial charge in [0, 0.05) is 38.3 Å². The number of carbonyl (C=O) groups is 1. The van der Waals surface area contributed by atoms with Crippen molar-refractivity contribution in [2.45, 2.75) is 62.7 Å². The molecule has 23 heavy (non-hydrogen) atoms. The maximum Gasteiger partial charge on any atom is 0.220 e. The molecule has 0 aromatic heterocycles. The number of rotatable bonds is 7. The number of nitrogens with zero attached hydrogens (tertiary/aromatic N) is 3. The van der Waals surface area contributed by atoms with Gasteiger partial charge in [-0.3, -0.25) is 9.69 Å². The highest BCUT2D eigenvalue weighted by Gasteiger charge is 2.43. The molecule has 0 radical (unpaired) electrons. The predicted molar refractivity (Wildman–Crippen MR) is 86.8 cm³/mol. The minimum atomic E-state index is -0.373. The van der Waals surface area contributed by atoms with E-state index in [9.17, 15) is 4.79 Å². The molecule has 3 aliphatic heterocycles. The molecule has 0 saturated carbocycles. The summed E-state index contributed by atoms with van der Waals surface area (Å²) in [5.74, 6) is 2.67. The first kappa shape index (κ1) is 16.4. The van der Waals surface area contributed by atoms with Gasteiger partial charge >= 0.3 is 0 Å². The Hall–Kier alpha value is -1.45. The molecule has 2 atom stereocenters. The van der Waals surface area contributed by atoms with E-state index >= 15 is 0 Å². The molecule has 3 aliphatic rings. The van der Waals surface area contributed by atoms with Crippen LogP contribution in [0, 0.1) is 12.3 Å². The Bertz CT molecular complexity index is 521. The zero-order valence-electron chi connectivity index (χ0n) is 13.9. The van der Waals surface area contributed by atoms with Crippen molar-refractivity contribution >= 4 is 5.91 Å². The lowest BCUT2D eigenvalue weighted by Crippen LogP contribution is -2.62. The summed E-state index contributed by atoms with van der Waals surface area (Å²) in [4.78, 5) is 14.7. The van der Waals surface area contributed by atoms with E-state index in [0.29, 0.717) is 38.5 Å². The van der Waals surface area contributed by atoms with Gasteiger partial charge in [0.15, 0.2) is 5.66 Å². The van der Waals surface area contributed by atoms with E-state index in [2.05, 4.69) is 33.3 Å². The van der Waals surface area contributed by atoms with Crippen LogP contribution >= 0.6 is 0 Å². The third kappa shape index (κ3) is 3.73. The number of amides is 1. The van der Waals surface area contributed by atoms with E-state index in [1.165, 1.54) is 12.8 Å². The first-order valence-corrected chi connectivity index (χ1v) is 8.56. The summed E-state index contributed by atoms with van der Waals surface area (Å²) in [6, 6.07) is 0.516. The molecule has 2 saturated heterocycles. The van der Waals surface area contributed by atoms with E-state index in [4.69, 9.17) is 11.2 Å². The third-order valence-electron chi connectivity index (χ3n) is 5.27. The number of terminal acetylenes is 1. The molecule has 0 aliphatic carbocycles.